The standard InChI is InChI=1S/C29H38AsBrINO4/c1-2-3-4-5-6-7-8-9-10-11-18-30-27(34)23-14-15-24(26(31)19-23)21-33(28(35)29(36)37)20-22-12-16-25(32)17-13-22/h12-17,19,30H,2-11,18,20-21H2,1H3,(H,36,37). The van der Waals surface area contributed by atoms with Crippen molar-refractivity contribution in [3.63, 3.8) is 0 Å². The van der Waals surface area contributed by atoms with Crippen LogP contribution >= 0.6 is 38.5 Å². The summed E-state index contributed by atoms with van der Waals surface area (Å²) in [6, 6.07) is 13.1. The maximum absolute atomic E-state index is 12.7. The molecule has 2 aromatic carbocycles. The Balaban J connectivity index is 1.82. The van der Waals surface area contributed by atoms with Crippen molar-refractivity contribution >= 4 is 70.7 Å². The zero-order valence-electron chi connectivity index (χ0n) is 21.6. The van der Waals surface area contributed by atoms with Crippen LogP contribution in [0.4, 0.5) is 0 Å². The number of aliphatic carboxylic acids is 1. The van der Waals surface area contributed by atoms with Crippen molar-refractivity contribution in [3.8, 4) is 0 Å². The fourth-order valence-corrected chi connectivity index (χ4v) is 7.07. The predicted octanol–water partition coefficient (Wildman–Crippen LogP) is 7.58. The van der Waals surface area contributed by atoms with Gasteiger partial charge in [0.1, 0.15) is 0 Å². The fraction of sp³-hybridized carbons (Fsp3) is 0.483. The number of hydrogen-bond acceptors (Lipinski definition) is 3. The topological polar surface area (TPSA) is 74.7 Å². The second-order valence-corrected chi connectivity index (χ2v) is 14.2. The molecule has 1 amide bonds. The first-order chi connectivity index (χ1) is 17.8. The quantitative estimate of drug-likeness (QED) is 0.0785. The third-order valence-corrected chi connectivity index (χ3v) is 10.3. The molecule has 2 aromatic rings. The van der Waals surface area contributed by atoms with Gasteiger partial charge in [0, 0.05) is 0 Å². The number of carboxylic acid groups (broad SMARTS) is 1. The molecule has 0 aliphatic heterocycles. The Morgan fingerprint density at radius 2 is 1.46 bits per heavy atom. The molecule has 2 rings (SSSR count). The summed E-state index contributed by atoms with van der Waals surface area (Å²) >= 11 is 5.04. The molecule has 1 unspecified atom stereocenters. The number of carbonyl (C=O) groups excluding carboxylic acids is 2. The van der Waals surface area contributed by atoms with E-state index < -0.39 is 27.6 Å². The van der Waals surface area contributed by atoms with E-state index in [0.29, 0.717) is 5.56 Å². The molecule has 1 N–H and O–H groups in total. The molecule has 0 saturated carbocycles. The summed E-state index contributed by atoms with van der Waals surface area (Å²) in [6.45, 7) is 2.58. The molecule has 0 heterocycles. The molecule has 0 saturated heterocycles. The van der Waals surface area contributed by atoms with Crippen molar-refractivity contribution in [2.24, 2.45) is 0 Å². The van der Waals surface area contributed by atoms with E-state index in [1.165, 1.54) is 62.7 Å². The van der Waals surface area contributed by atoms with Gasteiger partial charge in [-0.1, -0.05) is 0 Å². The number of carbonyl (C=O) groups is 3. The van der Waals surface area contributed by atoms with Crippen LogP contribution in [0.25, 0.3) is 0 Å². The van der Waals surface area contributed by atoms with Crippen molar-refractivity contribution in [2.75, 3.05) is 0 Å². The molecule has 0 aliphatic rings. The molecule has 0 radical (unpaired) electrons. The SMILES string of the molecule is CCCCCCCCCCCC[AsH]C(=O)c1ccc(CN(Cc2ccc(I)cc2)C(=O)C(=O)O)c(Br)c1. The minimum atomic E-state index is -1.48. The van der Waals surface area contributed by atoms with Crippen LogP contribution in [0.3, 0.4) is 0 Å². The predicted molar refractivity (Wildman–Crippen MR) is 163 cm³/mol. The summed E-state index contributed by atoms with van der Waals surface area (Å²) in [7, 11) is 0. The van der Waals surface area contributed by atoms with Gasteiger partial charge in [-0.15, -0.1) is 0 Å². The van der Waals surface area contributed by atoms with E-state index in [-0.39, 0.29) is 17.7 Å². The average Bonchev–Trinajstić information content (AvgIpc) is 2.88. The normalized spacial score (nSPS) is 11.2. The molecule has 202 valence electrons. The Kier molecular flexibility index (Phi) is 15.7. The minimum absolute atomic E-state index is 0.140. The maximum atomic E-state index is 12.7. The first kappa shape index (κ1) is 32.0. The molecule has 0 fully saturated rings. The monoisotopic (exact) mass is 745 g/mol. The molecule has 0 spiro atoms. The van der Waals surface area contributed by atoms with E-state index in [2.05, 4.69) is 45.4 Å². The van der Waals surface area contributed by atoms with Crippen LogP contribution in [-0.4, -0.2) is 42.2 Å². The zero-order chi connectivity index (χ0) is 27.0. The Bertz CT molecular complexity index is 1020. The van der Waals surface area contributed by atoms with Crippen LogP contribution in [0.15, 0.2) is 46.9 Å². The molecule has 37 heavy (non-hydrogen) atoms. The van der Waals surface area contributed by atoms with Gasteiger partial charge in [0.05, 0.1) is 0 Å². The van der Waals surface area contributed by atoms with Gasteiger partial charge in [0.2, 0.25) is 0 Å². The Morgan fingerprint density at radius 3 is 2.03 bits per heavy atom. The van der Waals surface area contributed by atoms with E-state index in [4.69, 9.17) is 0 Å². The van der Waals surface area contributed by atoms with E-state index in [9.17, 15) is 19.5 Å². The number of hydrogen-bond donors (Lipinski definition) is 1. The van der Waals surface area contributed by atoms with E-state index in [1.54, 1.807) is 6.07 Å². The van der Waals surface area contributed by atoms with Gasteiger partial charge in [-0.3, -0.25) is 0 Å². The summed E-state index contributed by atoms with van der Waals surface area (Å²) in [5.74, 6) is -2.43. The first-order valence-electron chi connectivity index (χ1n) is 13.1. The van der Waals surface area contributed by atoms with Crippen molar-refractivity contribution in [1.82, 2.24) is 4.90 Å². The van der Waals surface area contributed by atoms with Crippen LogP contribution in [-0.2, 0) is 22.7 Å². The van der Waals surface area contributed by atoms with Crippen molar-refractivity contribution in [3.05, 3.63) is 67.2 Å². The molecule has 0 aliphatic carbocycles. The van der Waals surface area contributed by atoms with E-state index in [1.807, 2.05) is 36.4 Å². The van der Waals surface area contributed by atoms with Gasteiger partial charge in [0.15, 0.2) is 0 Å². The molecule has 0 aromatic heterocycles. The second kappa shape index (κ2) is 18.2. The van der Waals surface area contributed by atoms with Crippen LogP contribution in [0, 0.1) is 3.57 Å². The van der Waals surface area contributed by atoms with Gasteiger partial charge in [-0.2, -0.15) is 0 Å². The zero-order valence-corrected chi connectivity index (χ0v) is 27.5. The number of nitrogens with zero attached hydrogens (tertiary/aromatic N) is 1. The van der Waals surface area contributed by atoms with Gasteiger partial charge in [-0.25, -0.2) is 0 Å². The summed E-state index contributed by atoms with van der Waals surface area (Å²) < 4.78 is 2.02. The van der Waals surface area contributed by atoms with E-state index in [0.717, 1.165) is 30.8 Å². The number of amides is 1. The van der Waals surface area contributed by atoms with Crippen LogP contribution < -0.4 is 0 Å². The summed E-state index contributed by atoms with van der Waals surface area (Å²) in [5.41, 5.74) is 2.32. The average molecular weight is 746 g/mol. The third-order valence-electron chi connectivity index (χ3n) is 6.25. The van der Waals surface area contributed by atoms with Crippen molar-refractivity contribution in [2.45, 2.75) is 89.4 Å². The Hall–Kier alpha value is -1.18. The molecule has 8 heteroatoms. The second-order valence-electron chi connectivity index (χ2n) is 9.34. The Morgan fingerprint density at radius 1 is 0.865 bits per heavy atom. The van der Waals surface area contributed by atoms with Gasteiger partial charge in [0.25, 0.3) is 0 Å². The van der Waals surface area contributed by atoms with Crippen LogP contribution in [0.5, 0.6) is 0 Å². The summed E-state index contributed by atoms with van der Waals surface area (Å²) in [6.07, 6.45) is 13.0. The number of halogens is 2. The number of unbranched alkanes of at least 4 members (excludes halogenated alkanes) is 9. The van der Waals surface area contributed by atoms with Crippen molar-refractivity contribution in [1.29, 1.82) is 0 Å². The molecular weight excluding hydrogens is 708 g/mol. The number of benzene rings is 2. The molecule has 5 nitrogen and oxygen atoms in total. The van der Waals surface area contributed by atoms with E-state index >= 15 is 0 Å². The molecular formula is C29H38AsBrINO4. The summed E-state index contributed by atoms with van der Waals surface area (Å²) in [4.78, 5) is 37.8. The van der Waals surface area contributed by atoms with Gasteiger partial charge < -0.3 is 0 Å². The number of rotatable bonds is 17. The third kappa shape index (κ3) is 12.5. The Labute approximate surface area is 250 Å². The van der Waals surface area contributed by atoms with Crippen LogP contribution in [0.1, 0.15) is 92.6 Å². The molecule has 1 atom stereocenters. The number of carboxylic acids is 1. The first-order valence-corrected chi connectivity index (χ1v) is 17.6. The van der Waals surface area contributed by atoms with Gasteiger partial charge in [-0.05, 0) is 22.6 Å². The molecule has 0 bridgehead atoms. The fourth-order valence-electron chi connectivity index (χ4n) is 4.08. The van der Waals surface area contributed by atoms with Crippen LogP contribution in [0.2, 0.25) is 5.21 Å². The summed E-state index contributed by atoms with van der Waals surface area (Å²) in [5, 5.41) is 10.3. The van der Waals surface area contributed by atoms with Crippen molar-refractivity contribution < 1.29 is 19.5 Å². The van der Waals surface area contributed by atoms with Gasteiger partial charge >= 0.3 is 229 Å².